The van der Waals surface area contributed by atoms with Crippen LogP contribution in [0.15, 0.2) is 42.7 Å². The number of rotatable bonds is 3. The van der Waals surface area contributed by atoms with Gasteiger partial charge in [-0.25, -0.2) is 9.97 Å². The number of hydrogen-bond acceptors (Lipinski definition) is 6. The molecule has 1 amide bonds. The minimum Gasteiger partial charge on any atom is -0.346 e. The predicted octanol–water partition coefficient (Wildman–Crippen LogP) is 3.38. The molecule has 0 aliphatic carbocycles. The van der Waals surface area contributed by atoms with Gasteiger partial charge in [-0.2, -0.15) is 9.36 Å². The third-order valence-corrected chi connectivity index (χ3v) is 4.22. The van der Waals surface area contributed by atoms with Gasteiger partial charge in [0.2, 0.25) is 5.13 Å². The number of anilines is 1. The van der Waals surface area contributed by atoms with E-state index >= 15 is 0 Å². The minimum atomic E-state index is -0.355. The van der Waals surface area contributed by atoms with Crippen LogP contribution in [-0.4, -0.2) is 30.2 Å². The third kappa shape index (κ3) is 2.72. The highest BCUT2D eigenvalue weighted by Crippen LogP contribution is 2.26. The number of aromatic amines is 1. The quantitative estimate of drug-likeness (QED) is 0.548. The highest BCUT2D eigenvalue weighted by atomic mass is 35.5. The van der Waals surface area contributed by atoms with Crippen LogP contribution in [0.1, 0.15) is 10.5 Å². The monoisotopic (exact) mass is 356 g/mol. The van der Waals surface area contributed by atoms with Crippen LogP contribution in [0.2, 0.25) is 5.15 Å². The molecular formula is C15H9ClN6OS. The fourth-order valence-electron chi connectivity index (χ4n) is 2.15. The molecule has 0 spiro atoms. The zero-order valence-electron chi connectivity index (χ0n) is 12.0. The number of aromatic nitrogens is 5. The summed E-state index contributed by atoms with van der Waals surface area (Å²) in [4.78, 5) is 27.8. The van der Waals surface area contributed by atoms with Gasteiger partial charge >= 0.3 is 0 Å². The second-order valence-corrected chi connectivity index (χ2v) is 5.94. The van der Waals surface area contributed by atoms with Crippen LogP contribution in [0.3, 0.4) is 0 Å². The lowest BCUT2D eigenvalue weighted by Gasteiger charge is -2.00. The lowest BCUT2D eigenvalue weighted by Crippen LogP contribution is -2.13. The molecule has 4 heterocycles. The third-order valence-electron chi connectivity index (χ3n) is 3.29. The van der Waals surface area contributed by atoms with Gasteiger partial charge in [-0.3, -0.25) is 10.1 Å². The lowest BCUT2D eigenvalue weighted by molar-refractivity contribution is 0.102. The average molecular weight is 357 g/mol. The van der Waals surface area contributed by atoms with Crippen LogP contribution in [0.5, 0.6) is 0 Å². The number of pyridine rings is 2. The van der Waals surface area contributed by atoms with Crippen molar-refractivity contribution in [3.63, 3.8) is 0 Å². The fourth-order valence-corrected chi connectivity index (χ4v) is 2.94. The first-order valence-corrected chi connectivity index (χ1v) is 8.06. The van der Waals surface area contributed by atoms with Crippen molar-refractivity contribution in [2.24, 2.45) is 0 Å². The van der Waals surface area contributed by atoms with Gasteiger partial charge in [-0.15, -0.1) is 0 Å². The van der Waals surface area contributed by atoms with Gasteiger partial charge in [-0.05, 0) is 30.3 Å². The van der Waals surface area contributed by atoms with Crippen molar-refractivity contribution in [1.82, 2.24) is 24.3 Å². The molecule has 0 saturated carbocycles. The fraction of sp³-hybridized carbons (Fsp3) is 0. The highest BCUT2D eigenvalue weighted by Gasteiger charge is 2.14. The van der Waals surface area contributed by atoms with Gasteiger partial charge in [-0.1, -0.05) is 11.6 Å². The summed E-state index contributed by atoms with van der Waals surface area (Å²) in [6.45, 7) is 0. The molecule has 24 heavy (non-hydrogen) atoms. The summed E-state index contributed by atoms with van der Waals surface area (Å²) >= 11 is 7.09. The predicted molar refractivity (Wildman–Crippen MR) is 92.2 cm³/mol. The van der Waals surface area contributed by atoms with E-state index < -0.39 is 0 Å². The van der Waals surface area contributed by atoms with E-state index in [0.717, 1.165) is 16.9 Å². The zero-order valence-corrected chi connectivity index (χ0v) is 13.6. The van der Waals surface area contributed by atoms with E-state index in [0.29, 0.717) is 33.0 Å². The first-order chi connectivity index (χ1) is 11.7. The Balaban J connectivity index is 1.57. The largest absolute Gasteiger partial charge is 0.346 e. The summed E-state index contributed by atoms with van der Waals surface area (Å²) in [5.41, 5.74) is 1.56. The Labute approximate surface area is 144 Å². The Morgan fingerprint density at radius 1 is 1.21 bits per heavy atom. The van der Waals surface area contributed by atoms with Crippen molar-refractivity contribution in [1.29, 1.82) is 0 Å². The highest BCUT2D eigenvalue weighted by molar-refractivity contribution is 7.10. The molecule has 0 unspecified atom stereocenters. The molecule has 0 aromatic carbocycles. The molecule has 0 atom stereocenters. The Morgan fingerprint density at radius 2 is 2.12 bits per heavy atom. The number of nitrogens with one attached hydrogen (secondary N) is 2. The van der Waals surface area contributed by atoms with Gasteiger partial charge in [0, 0.05) is 29.3 Å². The number of carbonyl (C=O) groups is 1. The number of H-pyrrole nitrogens is 1. The summed E-state index contributed by atoms with van der Waals surface area (Å²) in [7, 11) is 0. The van der Waals surface area contributed by atoms with Crippen molar-refractivity contribution in [3.8, 4) is 11.4 Å². The molecule has 0 radical (unpaired) electrons. The smallest absolute Gasteiger partial charge is 0.276 e. The maximum Gasteiger partial charge on any atom is 0.276 e. The molecule has 0 bridgehead atoms. The normalized spacial score (nSPS) is 10.9. The number of carbonyl (C=O) groups excluding carboxylic acids is 1. The maximum atomic E-state index is 12.3. The molecule has 0 aliphatic rings. The molecule has 9 heteroatoms. The number of halogens is 1. The van der Waals surface area contributed by atoms with Crippen molar-refractivity contribution >= 4 is 45.2 Å². The van der Waals surface area contributed by atoms with Crippen LogP contribution in [-0.2, 0) is 0 Å². The van der Waals surface area contributed by atoms with Crippen LogP contribution in [0, 0.1) is 0 Å². The van der Waals surface area contributed by atoms with Gasteiger partial charge in [0.25, 0.3) is 5.91 Å². The lowest BCUT2D eigenvalue weighted by atomic mass is 10.3. The molecule has 0 fully saturated rings. The van der Waals surface area contributed by atoms with E-state index in [2.05, 4.69) is 29.6 Å². The van der Waals surface area contributed by atoms with Crippen molar-refractivity contribution in [2.75, 3.05) is 5.32 Å². The molecule has 2 N–H and O–H groups in total. The Kier molecular flexibility index (Phi) is 3.68. The topological polar surface area (TPSA) is 96.5 Å². The van der Waals surface area contributed by atoms with Crippen LogP contribution in [0.25, 0.3) is 22.4 Å². The van der Waals surface area contributed by atoms with E-state index in [-0.39, 0.29) is 5.91 Å². The Bertz CT molecular complexity index is 1040. The van der Waals surface area contributed by atoms with E-state index in [1.807, 2.05) is 12.1 Å². The van der Waals surface area contributed by atoms with Crippen LogP contribution >= 0.6 is 23.1 Å². The summed E-state index contributed by atoms with van der Waals surface area (Å²) in [6, 6.07) is 8.89. The van der Waals surface area contributed by atoms with Gasteiger partial charge in [0.05, 0.1) is 5.56 Å². The summed E-state index contributed by atoms with van der Waals surface area (Å²) < 4.78 is 4.20. The van der Waals surface area contributed by atoms with Gasteiger partial charge in [0.1, 0.15) is 16.5 Å². The molecule has 118 valence electrons. The first kappa shape index (κ1) is 14.7. The van der Waals surface area contributed by atoms with Gasteiger partial charge < -0.3 is 4.98 Å². The van der Waals surface area contributed by atoms with E-state index in [1.54, 1.807) is 30.6 Å². The van der Waals surface area contributed by atoms with E-state index in [4.69, 9.17) is 11.6 Å². The number of nitrogens with zero attached hydrogens (tertiary/aromatic N) is 4. The van der Waals surface area contributed by atoms with Crippen LogP contribution < -0.4 is 5.32 Å². The van der Waals surface area contributed by atoms with Crippen molar-refractivity contribution in [2.45, 2.75) is 0 Å². The van der Waals surface area contributed by atoms with E-state index in [9.17, 15) is 4.79 Å². The second kappa shape index (κ2) is 5.99. The SMILES string of the molecule is O=C(Nc1nc(-c2cccnc2Cl)ns1)c1ccc2cc[nH]c2n1. The molecule has 4 aromatic heterocycles. The summed E-state index contributed by atoms with van der Waals surface area (Å²) in [5.74, 6) is 0.0627. The molecular weight excluding hydrogens is 348 g/mol. The standard InChI is InChI=1S/C15H9ClN6OS/c16-11-9(2-1-6-17-11)13-20-15(24-22-13)21-14(23)10-4-3-8-5-7-18-12(8)19-10/h1-7H,(H,18,19)(H,20,21,22,23). The number of hydrogen-bond donors (Lipinski definition) is 2. The molecule has 4 rings (SSSR count). The number of amides is 1. The maximum absolute atomic E-state index is 12.3. The zero-order chi connectivity index (χ0) is 16.5. The molecule has 0 saturated heterocycles. The first-order valence-electron chi connectivity index (χ1n) is 6.91. The molecule has 7 nitrogen and oxygen atoms in total. The second-order valence-electron chi connectivity index (χ2n) is 4.83. The molecule has 4 aromatic rings. The molecule has 0 aliphatic heterocycles. The summed E-state index contributed by atoms with van der Waals surface area (Å²) in [6.07, 6.45) is 3.36. The minimum absolute atomic E-state index is 0.293. The van der Waals surface area contributed by atoms with Crippen LogP contribution in [0.4, 0.5) is 5.13 Å². The van der Waals surface area contributed by atoms with Gasteiger partial charge in [0.15, 0.2) is 5.82 Å². The van der Waals surface area contributed by atoms with Crippen molar-refractivity contribution in [3.05, 3.63) is 53.6 Å². The average Bonchev–Trinajstić information content (AvgIpc) is 3.23. The Morgan fingerprint density at radius 3 is 3.00 bits per heavy atom. The Hall–Kier alpha value is -2.84. The van der Waals surface area contributed by atoms with Crippen molar-refractivity contribution < 1.29 is 4.79 Å². The summed E-state index contributed by atoms with van der Waals surface area (Å²) in [5, 5.41) is 4.31. The number of fused-ring (bicyclic) bond motifs is 1. The van der Waals surface area contributed by atoms with E-state index in [1.165, 1.54) is 0 Å².